The molecule has 2 aromatic rings. The van der Waals surface area contributed by atoms with Crippen molar-refractivity contribution < 1.29 is 23.7 Å². The molecular weight excluding hydrogens is 324 g/mol. The average molecular weight is 342 g/mol. The number of amides is 1. The van der Waals surface area contributed by atoms with E-state index in [4.69, 9.17) is 18.9 Å². The van der Waals surface area contributed by atoms with Gasteiger partial charge >= 0.3 is 0 Å². The van der Waals surface area contributed by atoms with Gasteiger partial charge in [0.25, 0.3) is 5.91 Å². The zero-order valence-corrected chi connectivity index (χ0v) is 13.7. The number of nitrogens with zero attached hydrogens (tertiary/aromatic N) is 1. The molecule has 2 aromatic carbocycles. The predicted molar refractivity (Wildman–Crippen MR) is 91.7 cm³/mol. The molecule has 0 saturated carbocycles. The maximum atomic E-state index is 11.8. The van der Waals surface area contributed by atoms with Crippen molar-refractivity contribution in [2.45, 2.75) is 0 Å². The average Bonchev–Trinajstić information content (AvgIpc) is 2.67. The number of ether oxygens (including phenoxy) is 4. The Morgan fingerprint density at radius 3 is 2.80 bits per heavy atom. The lowest BCUT2D eigenvalue weighted by Crippen LogP contribution is -2.24. The SMILES string of the molecule is COc1ccccc1OCC(=O)N/N=C\c1cccc2c1OCCO2. The highest BCUT2D eigenvalue weighted by Crippen LogP contribution is 2.32. The lowest BCUT2D eigenvalue weighted by atomic mass is 10.2. The summed E-state index contributed by atoms with van der Waals surface area (Å²) in [4.78, 5) is 11.8. The standard InChI is InChI=1S/C18H18N2O5/c1-22-14-6-2-3-7-15(14)25-12-17(21)20-19-11-13-5-4-8-16-18(13)24-10-9-23-16/h2-8,11H,9-10,12H2,1H3,(H,20,21)/b19-11-. The first-order chi connectivity index (χ1) is 12.3. The van der Waals surface area contributed by atoms with Gasteiger partial charge in [0.05, 0.1) is 13.3 Å². The van der Waals surface area contributed by atoms with Gasteiger partial charge in [-0.1, -0.05) is 18.2 Å². The highest BCUT2D eigenvalue weighted by Gasteiger charge is 2.14. The van der Waals surface area contributed by atoms with Crippen LogP contribution in [0.5, 0.6) is 23.0 Å². The van der Waals surface area contributed by atoms with Crippen molar-refractivity contribution in [3.63, 3.8) is 0 Å². The molecule has 0 aromatic heterocycles. The van der Waals surface area contributed by atoms with Crippen LogP contribution in [-0.4, -0.2) is 39.1 Å². The van der Waals surface area contributed by atoms with Crippen molar-refractivity contribution in [2.75, 3.05) is 26.9 Å². The molecule has 1 aliphatic heterocycles. The highest BCUT2D eigenvalue weighted by atomic mass is 16.6. The molecule has 0 atom stereocenters. The molecule has 1 heterocycles. The van der Waals surface area contributed by atoms with Gasteiger partial charge in [-0.15, -0.1) is 0 Å². The molecule has 0 aliphatic carbocycles. The molecule has 1 aliphatic rings. The number of hydrogen-bond acceptors (Lipinski definition) is 6. The topological polar surface area (TPSA) is 78.4 Å². The number of benzene rings is 2. The minimum Gasteiger partial charge on any atom is -0.493 e. The van der Waals surface area contributed by atoms with Crippen LogP contribution < -0.4 is 24.4 Å². The summed E-state index contributed by atoms with van der Waals surface area (Å²) in [6.45, 7) is 0.825. The quantitative estimate of drug-likeness (QED) is 0.642. The Morgan fingerprint density at radius 2 is 1.96 bits per heavy atom. The second kappa shape index (κ2) is 8.05. The summed E-state index contributed by atoms with van der Waals surface area (Å²) in [5.41, 5.74) is 3.14. The second-order valence-corrected chi connectivity index (χ2v) is 5.10. The van der Waals surface area contributed by atoms with E-state index in [1.807, 2.05) is 24.3 Å². The zero-order chi connectivity index (χ0) is 17.5. The van der Waals surface area contributed by atoms with Crippen molar-refractivity contribution >= 4 is 12.1 Å². The van der Waals surface area contributed by atoms with E-state index >= 15 is 0 Å². The van der Waals surface area contributed by atoms with Crippen LogP contribution in [0.4, 0.5) is 0 Å². The fourth-order valence-corrected chi connectivity index (χ4v) is 2.29. The minimum atomic E-state index is -0.385. The molecule has 0 radical (unpaired) electrons. The number of hydrogen-bond donors (Lipinski definition) is 1. The van der Waals surface area contributed by atoms with Crippen LogP contribution >= 0.6 is 0 Å². The Labute approximate surface area is 145 Å². The van der Waals surface area contributed by atoms with E-state index in [0.29, 0.717) is 36.2 Å². The summed E-state index contributed by atoms with van der Waals surface area (Å²) in [6.07, 6.45) is 1.51. The Balaban J connectivity index is 1.55. The summed E-state index contributed by atoms with van der Waals surface area (Å²) < 4.78 is 21.7. The van der Waals surface area contributed by atoms with Crippen LogP contribution in [0.25, 0.3) is 0 Å². The molecule has 3 rings (SSSR count). The molecule has 130 valence electrons. The summed E-state index contributed by atoms with van der Waals surface area (Å²) in [5, 5.41) is 3.93. The molecule has 7 heteroatoms. The lowest BCUT2D eigenvalue weighted by Gasteiger charge is -2.19. The Morgan fingerprint density at radius 1 is 1.16 bits per heavy atom. The van der Waals surface area contributed by atoms with Crippen molar-refractivity contribution in [1.29, 1.82) is 0 Å². The summed E-state index contributed by atoms with van der Waals surface area (Å²) in [6, 6.07) is 12.6. The van der Waals surface area contributed by atoms with E-state index in [9.17, 15) is 4.79 Å². The first-order valence-electron chi connectivity index (χ1n) is 7.74. The maximum absolute atomic E-state index is 11.8. The molecule has 0 spiro atoms. The van der Waals surface area contributed by atoms with E-state index < -0.39 is 0 Å². The van der Waals surface area contributed by atoms with Gasteiger partial charge < -0.3 is 18.9 Å². The fourth-order valence-electron chi connectivity index (χ4n) is 2.29. The highest BCUT2D eigenvalue weighted by molar-refractivity contribution is 5.86. The number of carbonyl (C=O) groups is 1. The molecule has 0 fully saturated rings. The first kappa shape index (κ1) is 16.6. The molecule has 1 N–H and O–H groups in total. The van der Waals surface area contributed by atoms with E-state index in [2.05, 4.69) is 10.5 Å². The van der Waals surface area contributed by atoms with E-state index in [1.165, 1.54) is 6.21 Å². The van der Waals surface area contributed by atoms with Gasteiger partial charge in [-0.05, 0) is 24.3 Å². The smallest absolute Gasteiger partial charge is 0.277 e. The third-order valence-electron chi connectivity index (χ3n) is 3.42. The zero-order valence-electron chi connectivity index (χ0n) is 13.7. The molecule has 0 saturated heterocycles. The molecule has 1 amide bonds. The number of carbonyl (C=O) groups excluding carboxylic acids is 1. The minimum absolute atomic E-state index is 0.176. The number of nitrogens with one attached hydrogen (secondary N) is 1. The lowest BCUT2D eigenvalue weighted by molar-refractivity contribution is -0.123. The molecule has 7 nitrogen and oxygen atoms in total. The molecule has 0 bridgehead atoms. The Hall–Kier alpha value is -3.22. The predicted octanol–water partition coefficient (Wildman–Crippen LogP) is 2.00. The summed E-state index contributed by atoms with van der Waals surface area (Å²) in [5.74, 6) is 1.96. The van der Waals surface area contributed by atoms with Crippen molar-refractivity contribution in [1.82, 2.24) is 5.43 Å². The van der Waals surface area contributed by atoms with Gasteiger partial charge in [0.15, 0.2) is 29.6 Å². The van der Waals surface area contributed by atoms with Gasteiger partial charge in [0.1, 0.15) is 13.2 Å². The van der Waals surface area contributed by atoms with Crippen LogP contribution in [0.1, 0.15) is 5.56 Å². The van der Waals surface area contributed by atoms with Crippen LogP contribution in [0, 0.1) is 0 Å². The van der Waals surface area contributed by atoms with Crippen LogP contribution in [-0.2, 0) is 4.79 Å². The number of methoxy groups -OCH3 is 1. The van der Waals surface area contributed by atoms with Crippen LogP contribution in [0.2, 0.25) is 0 Å². The normalized spacial score (nSPS) is 12.7. The largest absolute Gasteiger partial charge is 0.493 e. The van der Waals surface area contributed by atoms with E-state index in [0.717, 1.165) is 5.56 Å². The Kier molecular flexibility index (Phi) is 5.36. The van der Waals surface area contributed by atoms with Crippen LogP contribution in [0.3, 0.4) is 0 Å². The van der Waals surface area contributed by atoms with Gasteiger partial charge in [0, 0.05) is 5.56 Å². The number of hydrazone groups is 1. The third-order valence-corrected chi connectivity index (χ3v) is 3.42. The Bertz CT molecular complexity index is 776. The third kappa shape index (κ3) is 4.20. The van der Waals surface area contributed by atoms with Crippen molar-refractivity contribution in [3.8, 4) is 23.0 Å². The van der Waals surface area contributed by atoms with Gasteiger partial charge in [0.2, 0.25) is 0 Å². The summed E-state index contributed by atoms with van der Waals surface area (Å²) >= 11 is 0. The summed E-state index contributed by atoms with van der Waals surface area (Å²) in [7, 11) is 1.54. The van der Waals surface area contributed by atoms with Gasteiger partial charge in [-0.2, -0.15) is 5.10 Å². The molecule has 0 unspecified atom stereocenters. The fraction of sp³-hybridized carbons (Fsp3) is 0.222. The van der Waals surface area contributed by atoms with E-state index in [1.54, 1.807) is 25.3 Å². The van der Waals surface area contributed by atoms with Gasteiger partial charge in [-0.3, -0.25) is 4.79 Å². The van der Waals surface area contributed by atoms with Crippen molar-refractivity contribution in [3.05, 3.63) is 48.0 Å². The second-order valence-electron chi connectivity index (χ2n) is 5.10. The number of fused-ring (bicyclic) bond motifs is 1. The monoisotopic (exact) mass is 342 g/mol. The maximum Gasteiger partial charge on any atom is 0.277 e. The number of para-hydroxylation sites is 3. The van der Waals surface area contributed by atoms with Crippen molar-refractivity contribution in [2.24, 2.45) is 5.10 Å². The first-order valence-corrected chi connectivity index (χ1v) is 7.74. The van der Waals surface area contributed by atoms with Crippen LogP contribution in [0.15, 0.2) is 47.6 Å². The number of rotatable bonds is 6. The molecular formula is C18H18N2O5. The van der Waals surface area contributed by atoms with Gasteiger partial charge in [-0.25, -0.2) is 5.43 Å². The molecule has 25 heavy (non-hydrogen) atoms. The van der Waals surface area contributed by atoms with E-state index in [-0.39, 0.29) is 12.5 Å².